The van der Waals surface area contributed by atoms with Gasteiger partial charge >= 0.3 is 0 Å². The number of anilines is 1. The Morgan fingerprint density at radius 2 is 2.18 bits per heavy atom. The zero-order chi connectivity index (χ0) is 12.3. The Hall–Kier alpha value is -1.55. The van der Waals surface area contributed by atoms with E-state index >= 15 is 0 Å². The Bertz CT molecular complexity index is 534. The van der Waals surface area contributed by atoms with E-state index in [1.165, 1.54) is 5.56 Å². The summed E-state index contributed by atoms with van der Waals surface area (Å²) < 4.78 is 5.72. The zero-order valence-electron chi connectivity index (χ0n) is 9.37. The molecule has 1 heterocycles. The molecule has 0 aliphatic heterocycles. The molecule has 0 radical (unpaired) electrons. The van der Waals surface area contributed by atoms with Crippen molar-refractivity contribution in [1.29, 1.82) is 0 Å². The van der Waals surface area contributed by atoms with Crippen molar-refractivity contribution in [3.8, 4) is 0 Å². The Balaban J connectivity index is 2.12. The number of nitrogens with one attached hydrogen (secondary N) is 1. The molecular formula is C13H12BrNO2. The molecule has 0 atom stereocenters. The van der Waals surface area contributed by atoms with E-state index in [1.807, 2.05) is 24.3 Å². The van der Waals surface area contributed by atoms with Crippen LogP contribution >= 0.6 is 15.9 Å². The van der Waals surface area contributed by atoms with Crippen LogP contribution in [0.5, 0.6) is 0 Å². The van der Waals surface area contributed by atoms with E-state index in [-0.39, 0.29) is 5.91 Å². The molecule has 0 unspecified atom stereocenters. The maximum absolute atomic E-state index is 11.8. The molecule has 0 saturated carbocycles. The van der Waals surface area contributed by atoms with Crippen molar-refractivity contribution in [3.05, 3.63) is 52.4 Å². The van der Waals surface area contributed by atoms with Crippen LogP contribution in [0.2, 0.25) is 0 Å². The monoisotopic (exact) mass is 293 g/mol. The fraction of sp³-hybridized carbons (Fsp3) is 0.154. The largest absolute Gasteiger partial charge is 0.444 e. The van der Waals surface area contributed by atoms with Gasteiger partial charge in [0.15, 0.2) is 10.4 Å². The minimum absolute atomic E-state index is 0.246. The van der Waals surface area contributed by atoms with Crippen LogP contribution in [0, 0.1) is 0 Å². The number of aryl methyl sites for hydroxylation is 1. The van der Waals surface area contributed by atoms with E-state index in [0.29, 0.717) is 10.4 Å². The van der Waals surface area contributed by atoms with Crippen molar-refractivity contribution >= 4 is 27.5 Å². The predicted octanol–water partition coefficient (Wildman–Crippen LogP) is 3.86. The number of halogens is 1. The molecule has 0 fully saturated rings. The molecule has 0 bridgehead atoms. The molecule has 88 valence electrons. The van der Waals surface area contributed by atoms with Crippen LogP contribution in [0.25, 0.3) is 0 Å². The fourth-order valence-electron chi connectivity index (χ4n) is 1.50. The lowest BCUT2D eigenvalue weighted by Gasteiger charge is -2.04. The second-order valence-electron chi connectivity index (χ2n) is 3.61. The molecule has 0 aliphatic rings. The molecule has 1 aromatic carbocycles. The van der Waals surface area contributed by atoms with Crippen molar-refractivity contribution in [2.75, 3.05) is 5.32 Å². The van der Waals surface area contributed by atoms with Crippen LogP contribution in [-0.2, 0) is 6.42 Å². The minimum Gasteiger partial charge on any atom is -0.444 e. The highest BCUT2D eigenvalue weighted by atomic mass is 79.9. The molecule has 1 amide bonds. The van der Waals surface area contributed by atoms with Gasteiger partial charge in [-0.15, -0.1) is 0 Å². The Morgan fingerprint density at radius 3 is 2.82 bits per heavy atom. The van der Waals surface area contributed by atoms with E-state index in [9.17, 15) is 4.79 Å². The third-order valence-corrected chi connectivity index (χ3v) is 2.82. The number of carbonyl (C=O) groups is 1. The summed E-state index contributed by atoms with van der Waals surface area (Å²) in [7, 11) is 0. The highest BCUT2D eigenvalue weighted by Gasteiger charge is 2.10. The lowest BCUT2D eigenvalue weighted by molar-refractivity contribution is 0.0995. The molecule has 2 aromatic rings. The minimum atomic E-state index is -0.246. The van der Waals surface area contributed by atoms with Gasteiger partial charge in [0.2, 0.25) is 0 Å². The average molecular weight is 294 g/mol. The van der Waals surface area contributed by atoms with Crippen LogP contribution < -0.4 is 5.32 Å². The Kier molecular flexibility index (Phi) is 3.64. The fourth-order valence-corrected chi connectivity index (χ4v) is 1.80. The molecule has 1 aromatic heterocycles. The van der Waals surface area contributed by atoms with E-state index < -0.39 is 0 Å². The smallest absolute Gasteiger partial charge is 0.291 e. The van der Waals surface area contributed by atoms with Gasteiger partial charge in [-0.1, -0.05) is 19.1 Å². The van der Waals surface area contributed by atoms with Gasteiger partial charge in [-0.25, -0.2) is 0 Å². The van der Waals surface area contributed by atoms with E-state index in [1.54, 1.807) is 12.1 Å². The SMILES string of the molecule is CCc1cccc(NC(=O)c2ccc(Br)o2)c1. The maximum Gasteiger partial charge on any atom is 0.291 e. The molecule has 3 nitrogen and oxygen atoms in total. The number of amides is 1. The van der Waals surface area contributed by atoms with Crippen molar-refractivity contribution in [2.24, 2.45) is 0 Å². The first-order chi connectivity index (χ1) is 8.19. The quantitative estimate of drug-likeness (QED) is 0.934. The maximum atomic E-state index is 11.8. The van der Waals surface area contributed by atoms with Crippen molar-refractivity contribution < 1.29 is 9.21 Å². The van der Waals surface area contributed by atoms with Crippen molar-refractivity contribution in [3.63, 3.8) is 0 Å². The van der Waals surface area contributed by atoms with Crippen molar-refractivity contribution in [2.45, 2.75) is 13.3 Å². The van der Waals surface area contributed by atoms with Gasteiger partial charge in [0.05, 0.1) is 0 Å². The lowest BCUT2D eigenvalue weighted by Crippen LogP contribution is -2.10. The molecule has 4 heteroatoms. The summed E-state index contributed by atoms with van der Waals surface area (Å²) >= 11 is 3.16. The summed E-state index contributed by atoms with van der Waals surface area (Å²) in [5.74, 6) is 0.0442. The number of furan rings is 1. The summed E-state index contributed by atoms with van der Waals surface area (Å²) in [5, 5.41) is 2.79. The summed E-state index contributed by atoms with van der Waals surface area (Å²) in [6.45, 7) is 2.07. The molecular weight excluding hydrogens is 282 g/mol. The average Bonchev–Trinajstić information content (AvgIpc) is 2.76. The van der Waals surface area contributed by atoms with Gasteiger partial charge < -0.3 is 9.73 Å². The van der Waals surface area contributed by atoms with Gasteiger partial charge in [0.1, 0.15) is 0 Å². The van der Waals surface area contributed by atoms with Gasteiger partial charge in [0, 0.05) is 5.69 Å². The standard InChI is InChI=1S/C13H12BrNO2/c1-2-9-4-3-5-10(8-9)15-13(16)11-6-7-12(14)17-11/h3-8H,2H2,1H3,(H,15,16). The summed E-state index contributed by atoms with van der Waals surface area (Å²) in [5.41, 5.74) is 1.96. The van der Waals surface area contributed by atoms with Crippen LogP contribution in [0.4, 0.5) is 5.69 Å². The summed E-state index contributed by atoms with van der Waals surface area (Å²) in [4.78, 5) is 11.8. The third-order valence-electron chi connectivity index (χ3n) is 2.39. The number of hydrogen-bond acceptors (Lipinski definition) is 2. The van der Waals surface area contributed by atoms with Gasteiger partial charge in [-0.05, 0) is 52.2 Å². The van der Waals surface area contributed by atoms with Gasteiger partial charge in [-0.2, -0.15) is 0 Å². The second-order valence-corrected chi connectivity index (χ2v) is 4.39. The second kappa shape index (κ2) is 5.19. The first-order valence-electron chi connectivity index (χ1n) is 5.34. The van der Waals surface area contributed by atoms with Crippen LogP contribution in [0.1, 0.15) is 23.0 Å². The molecule has 0 aliphatic carbocycles. The van der Waals surface area contributed by atoms with E-state index in [0.717, 1.165) is 12.1 Å². The summed E-state index contributed by atoms with van der Waals surface area (Å²) in [6.07, 6.45) is 0.940. The van der Waals surface area contributed by atoms with Crippen LogP contribution in [-0.4, -0.2) is 5.91 Å². The van der Waals surface area contributed by atoms with Crippen LogP contribution in [0.15, 0.2) is 45.5 Å². The van der Waals surface area contributed by atoms with Gasteiger partial charge in [-0.3, -0.25) is 4.79 Å². The van der Waals surface area contributed by atoms with Crippen LogP contribution in [0.3, 0.4) is 0 Å². The zero-order valence-corrected chi connectivity index (χ0v) is 11.0. The van der Waals surface area contributed by atoms with Crippen molar-refractivity contribution in [1.82, 2.24) is 0 Å². The summed E-state index contributed by atoms with van der Waals surface area (Å²) in [6, 6.07) is 11.1. The first kappa shape index (κ1) is 11.9. The highest BCUT2D eigenvalue weighted by molar-refractivity contribution is 9.10. The number of carbonyl (C=O) groups excluding carboxylic acids is 1. The predicted molar refractivity (Wildman–Crippen MR) is 70.2 cm³/mol. The van der Waals surface area contributed by atoms with E-state index in [4.69, 9.17) is 4.42 Å². The molecule has 0 spiro atoms. The lowest BCUT2D eigenvalue weighted by atomic mass is 10.1. The molecule has 0 saturated heterocycles. The number of rotatable bonds is 3. The molecule has 2 rings (SSSR count). The number of benzene rings is 1. The number of hydrogen-bond donors (Lipinski definition) is 1. The molecule has 1 N–H and O–H groups in total. The Morgan fingerprint density at radius 1 is 1.35 bits per heavy atom. The first-order valence-corrected chi connectivity index (χ1v) is 6.14. The normalized spacial score (nSPS) is 10.2. The molecule has 17 heavy (non-hydrogen) atoms. The third kappa shape index (κ3) is 2.97. The topological polar surface area (TPSA) is 42.2 Å². The van der Waals surface area contributed by atoms with Gasteiger partial charge in [0.25, 0.3) is 5.91 Å². The highest BCUT2D eigenvalue weighted by Crippen LogP contribution is 2.16. The van der Waals surface area contributed by atoms with E-state index in [2.05, 4.69) is 28.2 Å². The Labute approximate surface area is 108 Å².